The van der Waals surface area contributed by atoms with E-state index in [1.54, 1.807) is 13.1 Å². The van der Waals surface area contributed by atoms with E-state index in [1.165, 1.54) is 0 Å². The Morgan fingerprint density at radius 1 is 1.27 bits per heavy atom. The molecule has 132 valence electrons. The maximum Gasteiger partial charge on any atom is 0.231 e. The average molecular weight is 350 g/mol. The molecule has 2 aromatic heterocycles. The van der Waals surface area contributed by atoms with Crippen LogP contribution in [0.15, 0.2) is 30.5 Å². The molecular formula is C19H18N4O3. The van der Waals surface area contributed by atoms with Crippen LogP contribution in [0.3, 0.4) is 0 Å². The molecule has 4 heterocycles. The largest absolute Gasteiger partial charge is 0.454 e. The number of pyridine rings is 1. The van der Waals surface area contributed by atoms with Crippen LogP contribution < -0.4 is 14.8 Å². The Kier molecular flexibility index (Phi) is 3.28. The van der Waals surface area contributed by atoms with Gasteiger partial charge in [0.2, 0.25) is 12.7 Å². The Labute approximate surface area is 149 Å². The number of ether oxygens (including phenoxy) is 2. The number of fused-ring (bicyclic) bond motifs is 4. The number of nitrogens with zero attached hydrogens (tertiary/aromatic N) is 2. The van der Waals surface area contributed by atoms with Gasteiger partial charge in [0.1, 0.15) is 5.65 Å². The number of aromatic amines is 1. The van der Waals surface area contributed by atoms with Crippen molar-refractivity contribution in [3.8, 4) is 11.5 Å². The maximum absolute atomic E-state index is 11.8. The number of H-pyrrole nitrogens is 1. The first kappa shape index (κ1) is 15.1. The molecule has 7 heteroatoms. The zero-order valence-corrected chi connectivity index (χ0v) is 14.3. The van der Waals surface area contributed by atoms with Crippen LogP contribution in [-0.2, 0) is 17.8 Å². The number of hydrogen-bond donors (Lipinski definition) is 2. The lowest BCUT2D eigenvalue weighted by molar-refractivity contribution is -0.129. The van der Waals surface area contributed by atoms with Crippen molar-refractivity contribution in [2.75, 3.05) is 18.7 Å². The van der Waals surface area contributed by atoms with Gasteiger partial charge in [-0.3, -0.25) is 4.79 Å². The molecule has 0 unspecified atom stereocenters. The second-order valence-corrected chi connectivity index (χ2v) is 6.55. The average Bonchev–Trinajstić information content (AvgIpc) is 3.25. The summed E-state index contributed by atoms with van der Waals surface area (Å²) in [6.45, 7) is 3.21. The Hall–Kier alpha value is -3.22. The number of nitrogens with one attached hydrogen (secondary N) is 2. The van der Waals surface area contributed by atoms with Gasteiger partial charge in [-0.2, -0.15) is 0 Å². The SMILES string of the molecule is CC(=O)N1CCc2[nH]c3nccc(Nc4ccc5c(c4)OCO5)c3c2C1. The number of amides is 1. The van der Waals surface area contributed by atoms with Crippen molar-refractivity contribution in [1.29, 1.82) is 0 Å². The number of rotatable bonds is 2. The predicted octanol–water partition coefficient (Wildman–Crippen LogP) is 2.94. The van der Waals surface area contributed by atoms with Crippen molar-refractivity contribution >= 4 is 28.3 Å². The highest BCUT2D eigenvalue weighted by atomic mass is 16.7. The van der Waals surface area contributed by atoms with Gasteiger partial charge in [-0.25, -0.2) is 4.98 Å². The molecule has 0 bridgehead atoms. The third-order valence-corrected chi connectivity index (χ3v) is 4.96. The smallest absolute Gasteiger partial charge is 0.231 e. The zero-order valence-electron chi connectivity index (χ0n) is 14.3. The fourth-order valence-corrected chi connectivity index (χ4v) is 3.64. The van der Waals surface area contributed by atoms with E-state index in [0.717, 1.165) is 58.1 Å². The van der Waals surface area contributed by atoms with Crippen LogP contribution in [0.1, 0.15) is 18.2 Å². The molecule has 5 rings (SSSR count). The topological polar surface area (TPSA) is 79.5 Å². The lowest BCUT2D eigenvalue weighted by Gasteiger charge is -2.26. The highest BCUT2D eigenvalue weighted by Gasteiger charge is 2.24. The van der Waals surface area contributed by atoms with Gasteiger partial charge >= 0.3 is 0 Å². The summed E-state index contributed by atoms with van der Waals surface area (Å²) in [7, 11) is 0. The monoisotopic (exact) mass is 350 g/mol. The van der Waals surface area contributed by atoms with E-state index in [9.17, 15) is 4.79 Å². The molecule has 0 fully saturated rings. The standard InChI is InChI=1S/C19H18N4O3/c1-11(24)23-7-5-14-13(9-23)18-15(4-6-20-19(18)22-14)21-12-2-3-16-17(8-12)26-10-25-16/h2-4,6,8H,5,7,9-10H2,1H3,(H2,20,21,22). The highest BCUT2D eigenvalue weighted by molar-refractivity contribution is 5.95. The van der Waals surface area contributed by atoms with Crippen molar-refractivity contribution < 1.29 is 14.3 Å². The molecule has 1 amide bonds. The molecule has 3 aromatic rings. The quantitative estimate of drug-likeness (QED) is 0.743. The van der Waals surface area contributed by atoms with Gasteiger partial charge in [-0.05, 0) is 18.2 Å². The Bertz CT molecular complexity index is 1030. The first-order valence-corrected chi connectivity index (χ1v) is 8.59. The number of hydrogen-bond acceptors (Lipinski definition) is 5. The number of carbonyl (C=O) groups excluding carboxylic acids is 1. The second kappa shape index (κ2) is 5.66. The van der Waals surface area contributed by atoms with Crippen LogP contribution >= 0.6 is 0 Å². The van der Waals surface area contributed by atoms with Crippen LogP contribution in [0.2, 0.25) is 0 Å². The second-order valence-electron chi connectivity index (χ2n) is 6.55. The van der Waals surface area contributed by atoms with Crippen molar-refractivity contribution in [3.63, 3.8) is 0 Å². The Morgan fingerprint density at radius 3 is 3.04 bits per heavy atom. The molecule has 0 saturated heterocycles. The third-order valence-electron chi connectivity index (χ3n) is 4.96. The fourth-order valence-electron chi connectivity index (χ4n) is 3.64. The van der Waals surface area contributed by atoms with Crippen LogP contribution in [0.25, 0.3) is 11.0 Å². The minimum absolute atomic E-state index is 0.0965. The summed E-state index contributed by atoms with van der Waals surface area (Å²) in [6.07, 6.45) is 2.59. The molecule has 2 N–H and O–H groups in total. The summed E-state index contributed by atoms with van der Waals surface area (Å²) >= 11 is 0. The van der Waals surface area contributed by atoms with E-state index >= 15 is 0 Å². The van der Waals surface area contributed by atoms with Crippen molar-refractivity contribution in [2.45, 2.75) is 19.9 Å². The van der Waals surface area contributed by atoms with Gasteiger partial charge < -0.3 is 24.7 Å². The zero-order chi connectivity index (χ0) is 17.7. The van der Waals surface area contributed by atoms with Gasteiger partial charge in [0.15, 0.2) is 11.5 Å². The normalized spacial score (nSPS) is 15.2. The summed E-state index contributed by atoms with van der Waals surface area (Å²) < 4.78 is 10.8. The summed E-state index contributed by atoms with van der Waals surface area (Å²) in [5.41, 5.74) is 5.00. The molecule has 26 heavy (non-hydrogen) atoms. The van der Waals surface area contributed by atoms with E-state index in [4.69, 9.17) is 9.47 Å². The molecule has 0 atom stereocenters. The molecule has 1 aromatic carbocycles. The van der Waals surface area contributed by atoms with Gasteiger partial charge in [0.05, 0.1) is 5.69 Å². The fraction of sp³-hybridized carbons (Fsp3) is 0.263. The number of benzene rings is 1. The lowest BCUT2D eigenvalue weighted by Crippen LogP contribution is -2.33. The molecule has 0 radical (unpaired) electrons. The van der Waals surface area contributed by atoms with Crippen molar-refractivity contribution in [2.24, 2.45) is 0 Å². The van der Waals surface area contributed by atoms with Crippen LogP contribution in [0.5, 0.6) is 11.5 Å². The van der Waals surface area contributed by atoms with Crippen molar-refractivity contribution in [1.82, 2.24) is 14.9 Å². The summed E-state index contributed by atoms with van der Waals surface area (Å²) in [4.78, 5) is 21.6. The van der Waals surface area contributed by atoms with E-state index < -0.39 is 0 Å². The number of aromatic nitrogens is 2. The van der Waals surface area contributed by atoms with Gasteiger partial charge in [0.25, 0.3) is 0 Å². The first-order chi connectivity index (χ1) is 12.7. The van der Waals surface area contributed by atoms with E-state index in [0.29, 0.717) is 6.54 Å². The van der Waals surface area contributed by atoms with Gasteiger partial charge in [-0.1, -0.05) is 0 Å². The molecular weight excluding hydrogens is 332 g/mol. The molecule has 0 aliphatic carbocycles. The predicted molar refractivity (Wildman–Crippen MR) is 96.7 cm³/mol. The molecule has 0 saturated carbocycles. The maximum atomic E-state index is 11.8. The van der Waals surface area contributed by atoms with Crippen LogP contribution in [-0.4, -0.2) is 34.1 Å². The molecule has 2 aliphatic rings. The summed E-state index contributed by atoms with van der Waals surface area (Å²) in [6, 6.07) is 7.73. The Balaban J connectivity index is 1.56. The minimum Gasteiger partial charge on any atom is -0.454 e. The van der Waals surface area contributed by atoms with Crippen molar-refractivity contribution in [3.05, 3.63) is 41.7 Å². The third kappa shape index (κ3) is 2.35. The molecule has 2 aliphatic heterocycles. The molecule has 7 nitrogen and oxygen atoms in total. The van der Waals surface area contributed by atoms with E-state index in [1.807, 2.05) is 29.2 Å². The summed E-state index contributed by atoms with van der Waals surface area (Å²) in [5.74, 6) is 1.59. The number of carbonyl (C=O) groups is 1. The highest BCUT2D eigenvalue weighted by Crippen LogP contribution is 2.37. The van der Waals surface area contributed by atoms with Crippen LogP contribution in [0, 0.1) is 0 Å². The summed E-state index contributed by atoms with van der Waals surface area (Å²) in [5, 5.41) is 4.49. The van der Waals surface area contributed by atoms with E-state index in [2.05, 4.69) is 15.3 Å². The van der Waals surface area contributed by atoms with E-state index in [-0.39, 0.29) is 12.7 Å². The minimum atomic E-state index is 0.0965. The first-order valence-electron chi connectivity index (χ1n) is 8.59. The van der Waals surface area contributed by atoms with Gasteiger partial charge in [-0.15, -0.1) is 0 Å². The Morgan fingerprint density at radius 2 is 2.15 bits per heavy atom. The van der Waals surface area contributed by atoms with Gasteiger partial charge in [0, 0.05) is 61.0 Å². The number of anilines is 2. The van der Waals surface area contributed by atoms with Crippen LogP contribution in [0.4, 0.5) is 11.4 Å². The lowest BCUT2D eigenvalue weighted by atomic mass is 10.0. The molecule has 0 spiro atoms.